The Labute approximate surface area is 161 Å². The van der Waals surface area contributed by atoms with E-state index in [1.165, 1.54) is 6.07 Å². The summed E-state index contributed by atoms with van der Waals surface area (Å²) in [6, 6.07) is 11.8. The first kappa shape index (κ1) is 17.9. The average molecular weight is 378 g/mol. The summed E-state index contributed by atoms with van der Waals surface area (Å²) in [6.07, 6.45) is 1.97. The summed E-state index contributed by atoms with van der Waals surface area (Å²) in [4.78, 5) is 17.5. The fourth-order valence-corrected chi connectivity index (χ4v) is 3.28. The van der Waals surface area contributed by atoms with E-state index in [1.807, 2.05) is 6.92 Å². The summed E-state index contributed by atoms with van der Waals surface area (Å²) < 4.78 is 20.9. The largest absolute Gasteiger partial charge is 0.463 e. The molecule has 3 heterocycles. The van der Waals surface area contributed by atoms with Gasteiger partial charge in [-0.2, -0.15) is 5.10 Å². The molecule has 1 N–H and O–H groups in total. The van der Waals surface area contributed by atoms with E-state index < -0.39 is 0 Å². The van der Waals surface area contributed by atoms with E-state index in [0.717, 1.165) is 5.69 Å². The molecule has 0 fully saturated rings. The molecule has 1 aromatic carbocycles. The van der Waals surface area contributed by atoms with Crippen LogP contribution in [0.25, 0.3) is 22.5 Å². The van der Waals surface area contributed by atoms with Crippen LogP contribution < -0.4 is 5.32 Å². The van der Waals surface area contributed by atoms with Crippen molar-refractivity contribution in [2.24, 2.45) is 7.05 Å². The third-order valence-corrected chi connectivity index (χ3v) is 4.62. The molecule has 4 rings (SSSR count). The van der Waals surface area contributed by atoms with Crippen LogP contribution in [-0.4, -0.2) is 27.2 Å². The molecule has 0 unspecified atom stereocenters. The first-order valence-corrected chi connectivity index (χ1v) is 8.94. The van der Waals surface area contributed by atoms with E-state index in [0.29, 0.717) is 46.6 Å². The molecule has 7 heteroatoms. The second-order valence-corrected chi connectivity index (χ2v) is 6.54. The maximum atomic E-state index is 13.8. The predicted octanol–water partition coefficient (Wildman–Crippen LogP) is 3.65. The fourth-order valence-electron chi connectivity index (χ4n) is 3.28. The predicted molar refractivity (Wildman–Crippen MR) is 103 cm³/mol. The van der Waals surface area contributed by atoms with Gasteiger partial charge < -0.3 is 9.73 Å². The lowest BCUT2D eigenvalue weighted by Gasteiger charge is -2.09. The van der Waals surface area contributed by atoms with Crippen LogP contribution in [0, 0.1) is 12.7 Å². The van der Waals surface area contributed by atoms with E-state index in [1.54, 1.807) is 54.4 Å². The fraction of sp³-hybridized carbons (Fsp3) is 0.190. The zero-order chi connectivity index (χ0) is 19.7. The molecule has 6 nitrogen and oxygen atoms in total. The van der Waals surface area contributed by atoms with Crippen molar-refractivity contribution in [1.29, 1.82) is 0 Å². The zero-order valence-corrected chi connectivity index (χ0v) is 15.6. The van der Waals surface area contributed by atoms with Gasteiger partial charge in [0.1, 0.15) is 11.5 Å². The molecule has 0 aliphatic heterocycles. The lowest BCUT2D eigenvalue weighted by atomic mass is 10.1. The van der Waals surface area contributed by atoms with Gasteiger partial charge in [-0.1, -0.05) is 18.2 Å². The monoisotopic (exact) mass is 378 g/mol. The smallest absolute Gasteiger partial charge is 0.252 e. The van der Waals surface area contributed by atoms with E-state index in [4.69, 9.17) is 4.42 Å². The Kier molecular flexibility index (Phi) is 4.65. The molecule has 0 aliphatic rings. The molecule has 0 saturated heterocycles. The van der Waals surface area contributed by atoms with Crippen LogP contribution in [-0.2, 0) is 13.5 Å². The highest BCUT2D eigenvalue weighted by Gasteiger charge is 2.20. The number of rotatable bonds is 5. The summed E-state index contributed by atoms with van der Waals surface area (Å²) in [5.41, 5.74) is 2.91. The van der Waals surface area contributed by atoms with Crippen molar-refractivity contribution in [3.63, 3.8) is 0 Å². The Hall–Kier alpha value is -3.48. The molecule has 142 valence electrons. The molecule has 0 saturated carbocycles. The summed E-state index contributed by atoms with van der Waals surface area (Å²) in [5.74, 6) is 0.0417. The first-order valence-electron chi connectivity index (χ1n) is 8.94. The molecule has 3 aromatic heterocycles. The molecule has 0 aliphatic carbocycles. The van der Waals surface area contributed by atoms with Crippen molar-refractivity contribution in [3.8, 4) is 11.5 Å². The lowest BCUT2D eigenvalue weighted by molar-refractivity contribution is 0.0955. The number of aromatic nitrogens is 3. The number of aryl methyl sites for hydroxylation is 2. The Morgan fingerprint density at radius 1 is 1.25 bits per heavy atom. The van der Waals surface area contributed by atoms with Gasteiger partial charge in [0.2, 0.25) is 0 Å². The van der Waals surface area contributed by atoms with Crippen LogP contribution in [0.15, 0.2) is 53.1 Å². The number of carbonyl (C=O) groups is 1. The second-order valence-electron chi connectivity index (χ2n) is 6.54. The van der Waals surface area contributed by atoms with Crippen molar-refractivity contribution in [3.05, 3.63) is 71.4 Å². The molecular weight excluding hydrogens is 359 g/mol. The number of benzene rings is 1. The molecule has 28 heavy (non-hydrogen) atoms. The zero-order valence-electron chi connectivity index (χ0n) is 15.6. The van der Waals surface area contributed by atoms with E-state index in [9.17, 15) is 9.18 Å². The number of hydrogen-bond donors (Lipinski definition) is 1. The molecular formula is C21H19FN4O2. The summed E-state index contributed by atoms with van der Waals surface area (Å²) in [5, 5.41) is 7.96. The highest BCUT2D eigenvalue weighted by atomic mass is 19.1. The van der Waals surface area contributed by atoms with E-state index in [-0.39, 0.29) is 11.7 Å². The van der Waals surface area contributed by atoms with Crippen molar-refractivity contribution in [2.75, 3.05) is 6.54 Å². The number of pyridine rings is 1. The number of nitrogens with zero attached hydrogens (tertiary/aromatic N) is 3. The lowest BCUT2D eigenvalue weighted by Crippen LogP contribution is -2.26. The van der Waals surface area contributed by atoms with Crippen molar-refractivity contribution in [2.45, 2.75) is 13.3 Å². The Balaban J connectivity index is 1.65. The van der Waals surface area contributed by atoms with Gasteiger partial charge in [0.15, 0.2) is 11.4 Å². The molecule has 0 spiro atoms. The number of hydrogen-bond acceptors (Lipinski definition) is 4. The Bertz CT molecular complexity index is 1150. The maximum Gasteiger partial charge on any atom is 0.252 e. The minimum atomic E-state index is -0.272. The average Bonchev–Trinajstić information content (AvgIpc) is 3.31. The summed E-state index contributed by atoms with van der Waals surface area (Å²) in [7, 11) is 1.79. The number of furan rings is 1. The minimum Gasteiger partial charge on any atom is -0.463 e. The third-order valence-electron chi connectivity index (χ3n) is 4.62. The van der Waals surface area contributed by atoms with E-state index in [2.05, 4.69) is 15.4 Å². The molecule has 0 radical (unpaired) electrons. The van der Waals surface area contributed by atoms with Gasteiger partial charge in [-0.25, -0.2) is 9.37 Å². The highest BCUT2D eigenvalue weighted by Crippen LogP contribution is 2.27. The number of amides is 1. The number of nitrogens with one attached hydrogen (secondary N) is 1. The molecule has 0 atom stereocenters. The van der Waals surface area contributed by atoms with Crippen molar-refractivity contribution >= 4 is 16.9 Å². The molecule has 4 aromatic rings. The second kappa shape index (κ2) is 7.26. The van der Waals surface area contributed by atoms with Crippen LogP contribution in [0.3, 0.4) is 0 Å². The van der Waals surface area contributed by atoms with Crippen LogP contribution in [0.4, 0.5) is 4.39 Å². The molecule has 0 bridgehead atoms. The number of halogens is 1. The van der Waals surface area contributed by atoms with Gasteiger partial charge in [0.05, 0.1) is 22.9 Å². The standard InChI is InChI=1S/C21H19FN4O2/c1-13-19-15(21(27)23-10-9-14-6-3-4-7-16(14)22)12-17(18-8-5-11-28-18)24-20(19)26(2)25-13/h3-8,11-12H,9-10H2,1-2H3,(H,23,27). The van der Waals surface area contributed by atoms with Crippen molar-refractivity contribution in [1.82, 2.24) is 20.1 Å². The van der Waals surface area contributed by atoms with Crippen LogP contribution in [0.2, 0.25) is 0 Å². The quantitative estimate of drug-likeness (QED) is 0.575. The highest BCUT2D eigenvalue weighted by molar-refractivity contribution is 6.07. The Morgan fingerprint density at radius 3 is 2.82 bits per heavy atom. The van der Waals surface area contributed by atoms with Gasteiger partial charge in [0, 0.05) is 13.6 Å². The Morgan fingerprint density at radius 2 is 2.07 bits per heavy atom. The van der Waals surface area contributed by atoms with E-state index >= 15 is 0 Å². The normalized spacial score (nSPS) is 11.1. The van der Waals surface area contributed by atoms with Gasteiger partial charge in [-0.15, -0.1) is 0 Å². The van der Waals surface area contributed by atoms with Crippen LogP contribution in [0.1, 0.15) is 21.6 Å². The van der Waals surface area contributed by atoms with Crippen LogP contribution >= 0.6 is 0 Å². The van der Waals surface area contributed by atoms with Gasteiger partial charge in [-0.05, 0) is 43.2 Å². The van der Waals surface area contributed by atoms with Gasteiger partial charge >= 0.3 is 0 Å². The van der Waals surface area contributed by atoms with Gasteiger partial charge in [0.25, 0.3) is 5.91 Å². The first-order chi connectivity index (χ1) is 13.5. The third kappa shape index (κ3) is 3.26. The number of carbonyl (C=O) groups excluding carboxylic acids is 1. The molecule has 1 amide bonds. The summed E-state index contributed by atoms with van der Waals surface area (Å²) in [6.45, 7) is 2.16. The van der Waals surface area contributed by atoms with Gasteiger partial charge in [-0.3, -0.25) is 9.48 Å². The van der Waals surface area contributed by atoms with Crippen LogP contribution in [0.5, 0.6) is 0 Å². The summed E-state index contributed by atoms with van der Waals surface area (Å²) >= 11 is 0. The SMILES string of the molecule is Cc1nn(C)c2nc(-c3ccco3)cc(C(=O)NCCc3ccccc3F)c12. The maximum absolute atomic E-state index is 13.8. The topological polar surface area (TPSA) is 73.0 Å². The number of fused-ring (bicyclic) bond motifs is 1. The minimum absolute atomic E-state index is 0.257. The van der Waals surface area contributed by atoms with Crippen molar-refractivity contribution < 1.29 is 13.6 Å².